The van der Waals surface area contributed by atoms with Crippen molar-refractivity contribution in [1.29, 1.82) is 0 Å². The minimum atomic E-state index is -3.74. The van der Waals surface area contributed by atoms with E-state index in [0.29, 0.717) is 13.0 Å². The molecule has 0 bridgehead atoms. The Balaban J connectivity index is 1.63. The van der Waals surface area contributed by atoms with Crippen LogP contribution in [0.15, 0.2) is 77.7 Å². The van der Waals surface area contributed by atoms with E-state index in [1.54, 1.807) is 30.3 Å². The van der Waals surface area contributed by atoms with Crippen LogP contribution in [0.4, 0.5) is 0 Å². The standard InChI is InChI=1S/C25H25NO5S/c27-25(28)12-10-19-5-4-6-20(15-19)17-26(32(29,30)23-7-2-1-3-8-23)18-21-9-11-24-22(16-21)13-14-31-24/h1-9,11,15-16H,10,12-14,17-18H2,(H,27,28). The molecule has 1 aliphatic heterocycles. The highest BCUT2D eigenvalue weighted by Crippen LogP contribution is 2.28. The molecule has 0 atom stereocenters. The van der Waals surface area contributed by atoms with Gasteiger partial charge < -0.3 is 9.84 Å². The molecule has 6 nitrogen and oxygen atoms in total. The van der Waals surface area contributed by atoms with Crippen LogP contribution < -0.4 is 4.74 Å². The van der Waals surface area contributed by atoms with E-state index in [9.17, 15) is 13.2 Å². The summed E-state index contributed by atoms with van der Waals surface area (Å²) in [7, 11) is -3.74. The number of sulfonamides is 1. The van der Waals surface area contributed by atoms with Crippen molar-refractivity contribution in [2.24, 2.45) is 0 Å². The topological polar surface area (TPSA) is 83.9 Å². The summed E-state index contributed by atoms with van der Waals surface area (Å²) in [5, 5.41) is 8.96. The summed E-state index contributed by atoms with van der Waals surface area (Å²) in [4.78, 5) is 11.2. The van der Waals surface area contributed by atoms with Gasteiger partial charge in [-0.05, 0) is 46.9 Å². The zero-order valence-electron chi connectivity index (χ0n) is 17.6. The third-order valence-electron chi connectivity index (χ3n) is 5.47. The van der Waals surface area contributed by atoms with E-state index in [4.69, 9.17) is 9.84 Å². The minimum absolute atomic E-state index is 0.0344. The zero-order chi connectivity index (χ0) is 22.6. The highest BCUT2D eigenvalue weighted by molar-refractivity contribution is 7.89. The SMILES string of the molecule is O=C(O)CCc1cccc(CN(Cc2ccc3c(c2)CCO3)S(=O)(=O)c2ccccc2)c1. The molecule has 0 aliphatic carbocycles. The fourth-order valence-electron chi connectivity index (χ4n) is 3.85. The molecule has 0 fully saturated rings. The molecule has 0 saturated carbocycles. The Morgan fingerprint density at radius 1 is 0.906 bits per heavy atom. The lowest BCUT2D eigenvalue weighted by atomic mass is 10.1. The smallest absolute Gasteiger partial charge is 0.303 e. The Kier molecular flexibility index (Phi) is 6.58. The van der Waals surface area contributed by atoms with E-state index in [-0.39, 0.29) is 24.4 Å². The van der Waals surface area contributed by atoms with Crippen molar-refractivity contribution in [2.45, 2.75) is 37.2 Å². The lowest BCUT2D eigenvalue weighted by molar-refractivity contribution is -0.136. The number of nitrogens with zero attached hydrogens (tertiary/aromatic N) is 1. The van der Waals surface area contributed by atoms with Crippen molar-refractivity contribution in [2.75, 3.05) is 6.61 Å². The van der Waals surface area contributed by atoms with Crippen molar-refractivity contribution in [3.05, 3.63) is 95.1 Å². The van der Waals surface area contributed by atoms with Crippen molar-refractivity contribution in [3.63, 3.8) is 0 Å². The molecule has 3 aromatic rings. The second kappa shape index (κ2) is 9.54. The van der Waals surface area contributed by atoms with Crippen LogP contribution in [0.1, 0.15) is 28.7 Å². The second-order valence-electron chi connectivity index (χ2n) is 7.84. The number of hydrogen-bond donors (Lipinski definition) is 1. The average Bonchev–Trinajstić information content (AvgIpc) is 3.26. The number of carbonyl (C=O) groups is 1. The van der Waals surface area contributed by atoms with E-state index in [0.717, 1.165) is 34.4 Å². The van der Waals surface area contributed by atoms with Crippen molar-refractivity contribution in [1.82, 2.24) is 4.31 Å². The monoisotopic (exact) mass is 451 g/mol. The van der Waals surface area contributed by atoms with Crippen molar-refractivity contribution >= 4 is 16.0 Å². The zero-order valence-corrected chi connectivity index (χ0v) is 18.4. The summed E-state index contributed by atoms with van der Waals surface area (Å²) in [6.07, 6.45) is 1.26. The van der Waals surface area contributed by atoms with Crippen LogP contribution in [-0.2, 0) is 40.7 Å². The van der Waals surface area contributed by atoms with E-state index in [2.05, 4.69) is 0 Å². The molecule has 0 spiro atoms. The van der Waals surface area contributed by atoms with Crippen LogP contribution in [0.2, 0.25) is 0 Å². The van der Waals surface area contributed by atoms with Crippen LogP contribution >= 0.6 is 0 Å². The first-order valence-corrected chi connectivity index (χ1v) is 12.0. The number of carboxylic acid groups (broad SMARTS) is 1. The Morgan fingerprint density at radius 3 is 2.38 bits per heavy atom. The van der Waals surface area contributed by atoms with Gasteiger partial charge in [0.25, 0.3) is 0 Å². The Morgan fingerprint density at radius 2 is 1.62 bits per heavy atom. The van der Waals surface area contributed by atoms with Gasteiger partial charge in [-0.1, -0.05) is 54.6 Å². The van der Waals surface area contributed by atoms with Crippen LogP contribution in [0.5, 0.6) is 5.75 Å². The Labute approximate surface area is 188 Å². The summed E-state index contributed by atoms with van der Waals surface area (Å²) >= 11 is 0. The normalized spacial score (nSPS) is 13.0. The molecule has 1 aliphatic rings. The summed E-state index contributed by atoms with van der Waals surface area (Å²) < 4.78 is 34.0. The van der Waals surface area contributed by atoms with E-state index < -0.39 is 16.0 Å². The molecule has 4 rings (SSSR count). The van der Waals surface area contributed by atoms with E-state index in [1.165, 1.54) is 4.31 Å². The first-order valence-electron chi connectivity index (χ1n) is 10.5. The molecule has 0 unspecified atom stereocenters. The maximum Gasteiger partial charge on any atom is 0.303 e. The molecular weight excluding hydrogens is 426 g/mol. The van der Waals surface area contributed by atoms with Gasteiger partial charge in [-0.2, -0.15) is 4.31 Å². The largest absolute Gasteiger partial charge is 0.493 e. The second-order valence-corrected chi connectivity index (χ2v) is 9.78. The molecule has 1 N–H and O–H groups in total. The molecule has 32 heavy (non-hydrogen) atoms. The summed E-state index contributed by atoms with van der Waals surface area (Å²) in [6.45, 7) is 1.06. The minimum Gasteiger partial charge on any atom is -0.493 e. The van der Waals surface area contributed by atoms with Gasteiger partial charge >= 0.3 is 5.97 Å². The third-order valence-corrected chi connectivity index (χ3v) is 7.28. The predicted octanol–water partition coefficient (Wildman–Crippen LogP) is 4.03. The van der Waals surface area contributed by atoms with Gasteiger partial charge in [-0.15, -0.1) is 0 Å². The van der Waals surface area contributed by atoms with Gasteiger partial charge in [-0.25, -0.2) is 8.42 Å². The third kappa shape index (κ3) is 5.18. The van der Waals surface area contributed by atoms with E-state index >= 15 is 0 Å². The molecule has 0 radical (unpaired) electrons. The summed E-state index contributed by atoms with van der Waals surface area (Å²) in [5.74, 6) is 0.00150. The maximum absolute atomic E-state index is 13.5. The molecular formula is C25H25NO5S. The highest BCUT2D eigenvalue weighted by Gasteiger charge is 2.25. The first-order chi connectivity index (χ1) is 15.4. The predicted molar refractivity (Wildman–Crippen MR) is 121 cm³/mol. The molecule has 1 heterocycles. The highest BCUT2D eigenvalue weighted by atomic mass is 32.2. The Hall–Kier alpha value is -3.16. The lowest BCUT2D eigenvalue weighted by Crippen LogP contribution is -2.30. The number of rotatable bonds is 9. The number of carboxylic acids is 1. The molecule has 7 heteroatoms. The average molecular weight is 452 g/mol. The molecule has 166 valence electrons. The molecule has 0 amide bonds. The number of hydrogen-bond acceptors (Lipinski definition) is 4. The number of ether oxygens (including phenoxy) is 1. The van der Waals surface area contributed by atoms with Gasteiger partial charge in [0, 0.05) is 25.9 Å². The number of aryl methyl sites for hydroxylation is 1. The fourth-order valence-corrected chi connectivity index (χ4v) is 5.28. The van der Waals surface area contributed by atoms with Crippen molar-refractivity contribution < 1.29 is 23.1 Å². The molecule has 0 saturated heterocycles. The number of fused-ring (bicyclic) bond motifs is 1. The maximum atomic E-state index is 13.5. The van der Waals surface area contributed by atoms with Gasteiger partial charge in [0.15, 0.2) is 0 Å². The molecule has 0 aromatic heterocycles. The van der Waals surface area contributed by atoms with Gasteiger partial charge in [0.1, 0.15) is 5.75 Å². The Bertz CT molecular complexity index is 1210. The lowest BCUT2D eigenvalue weighted by Gasteiger charge is -2.23. The number of aliphatic carboxylic acids is 1. The van der Waals surface area contributed by atoms with Crippen LogP contribution in [-0.4, -0.2) is 30.4 Å². The summed E-state index contributed by atoms with van der Waals surface area (Å²) in [6, 6.07) is 21.7. The van der Waals surface area contributed by atoms with Crippen molar-refractivity contribution in [3.8, 4) is 5.75 Å². The van der Waals surface area contributed by atoms with Crippen LogP contribution in [0, 0.1) is 0 Å². The van der Waals surface area contributed by atoms with Crippen LogP contribution in [0.25, 0.3) is 0 Å². The first kappa shape index (κ1) is 22.0. The fraction of sp³-hybridized carbons (Fsp3) is 0.240. The molecule has 3 aromatic carbocycles. The summed E-state index contributed by atoms with van der Waals surface area (Å²) in [5.41, 5.74) is 3.68. The van der Waals surface area contributed by atoms with Crippen LogP contribution in [0.3, 0.4) is 0 Å². The number of benzene rings is 3. The van der Waals surface area contributed by atoms with Gasteiger partial charge in [0.2, 0.25) is 10.0 Å². The van der Waals surface area contributed by atoms with Gasteiger partial charge in [0.05, 0.1) is 11.5 Å². The quantitative estimate of drug-likeness (QED) is 0.531. The van der Waals surface area contributed by atoms with Gasteiger partial charge in [-0.3, -0.25) is 4.79 Å². The van der Waals surface area contributed by atoms with E-state index in [1.807, 2.05) is 42.5 Å².